The molecule has 1 aliphatic heterocycles. The van der Waals surface area contributed by atoms with E-state index in [-0.39, 0.29) is 29.9 Å². The van der Waals surface area contributed by atoms with Crippen molar-refractivity contribution in [2.45, 2.75) is 18.9 Å². The number of benzene rings is 1. The lowest BCUT2D eigenvalue weighted by atomic mass is 10.1. The lowest BCUT2D eigenvalue weighted by molar-refractivity contribution is -0.124. The van der Waals surface area contributed by atoms with Gasteiger partial charge in [-0.05, 0) is 31.0 Å². The van der Waals surface area contributed by atoms with Crippen LogP contribution in [0.25, 0.3) is 0 Å². The van der Waals surface area contributed by atoms with Gasteiger partial charge in [0.25, 0.3) is 5.91 Å². The van der Waals surface area contributed by atoms with Crippen LogP contribution in [0.5, 0.6) is 5.75 Å². The highest BCUT2D eigenvalue weighted by molar-refractivity contribution is 5.81. The largest absolute Gasteiger partial charge is 0.483 e. The molecule has 0 aliphatic carbocycles. The van der Waals surface area contributed by atoms with E-state index in [1.807, 2.05) is 0 Å². The fraction of sp³-hybridized carbons (Fsp3) is 0.429. The van der Waals surface area contributed by atoms with E-state index in [0.29, 0.717) is 19.5 Å². The SMILES string of the molecule is O=Cc1cc(F)ccc1OCC(=O)NC1CCOCC1. The molecule has 1 amide bonds. The van der Waals surface area contributed by atoms with Crippen LogP contribution in [0.15, 0.2) is 18.2 Å². The summed E-state index contributed by atoms with van der Waals surface area (Å²) in [5, 5.41) is 2.83. The molecule has 1 heterocycles. The van der Waals surface area contributed by atoms with E-state index in [2.05, 4.69) is 5.32 Å². The second-order valence-electron chi connectivity index (χ2n) is 4.54. The number of rotatable bonds is 5. The highest BCUT2D eigenvalue weighted by Crippen LogP contribution is 2.17. The van der Waals surface area contributed by atoms with Crippen LogP contribution < -0.4 is 10.1 Å². The first-order chi connectivity index (χ1) is 9.69. The number of ether oxygens (including phenoxy) is 2. The van der Waals surface area contributed by atoms with Gasteiger partial charge < -0.3 is 14.8 Å². The van der Waals surface area contributed by atoms with Gasteiger partial charge in [0.05, 0.1) is 5.56 Å². The van der Waals surface area contributed by atoms with Crippen LogP contribution in [-0.4, -0.2) is 38.1 Å². The fourth-order valence-corrected chi connectivity index (χ4v) is 2.00. The van der Waals surface area contributed by atoms with E-state index in [1.54, 1.807) is 0 Å². The van der Waals surface area contributed by atoms with Crippen molar-refractivity contribution in [3.63, 3.8) is 0 Å². The van der Waals surface area contributed by atoms with Crippen molar-refractivity contribution in [1.82, 2.24) is 5.32 Å². The Bertz CT molecular complexity index is 486. The van der Waals surface area contributed by atoms with E-state index < -0.39 is 5.82 Å². The minimum atomic E-state index is -0.522. The number of carbonyl (C=O) groups is 2. The number of aldehydes is 1. The average molecular weight is 281 g/mol. The Labute approximate surface area is 116 Å². The summed E-state index contributed by atoms with van der Waals surface area (Å²) in [7, 11) is 0. The van der Waals surface area contributed by atoms with E-state index >= 15 is 0 Å². The predicted molar refractivity (Wildman–Crippen MR) is 69.3 cm³/mol. The topological polar surface area (TPSA) is 64.6 Å². The summed E-state index contributed by atoms with van der Waals surface area (Å²) >= 11 is 0. The summed E-state index contributed by atoms with van der Waals surface area (Å²) in [5.74, 6) is -0.590. The number of halogens is 1. The first-order valence-corrected chi connectivity index (χ1v) is 6.43. The average Bonchev–Trinajstić information content (AvgIpc) is 2.47. The first kappa shape index (κ1) is 14.5. The summed E-state index contributed by atoms with van der Waals surface area (Å²) in [6, 6.07) is 3.68. The fourth-order valence-electron chi connectivity index (χ4n) is 2.00. The molecular weight excluding hydrogens is 265 g/mol. The number of amides is 1. The molecule has 1 aromatic carbocycles. The van der Waals surface area contributed by atoms with Gasteiger partial charge in [0.15, 0.2) is 12.9 Å². The third-order valence-electron chi connectivity index (χ3n) is 3.04. The zero-order chi connectivity index (χ0) is 14.4. The van der Waals surface area contributed by atoms with Crippen LogP contribution in [0.2, 0.25) is 0 Å². The van der Waals surface area contributed by atoms with E-state index in [1.165, 1.54) is 12.1 Å². The molecule has 5 nitrogen and oxygen atoms in total. The van der Waals surface area contributed by atoms with Crippen LogP contribution in [0.3, 0.4) is 0 Å². The van der Waals surface area contributed by atoms with Gasteiger partial charge in [-0.1, -0.05) is 0 Å². The minimum absolute atomic E-state index is 0.0869. The van der Waals surface area contributed by atoms with Crippen molar-refractivity contribution in [3.05, 3.63) is 29.6 Å². The first-order valence-electron chi connectivity index (χ1n) is 6.43. The van der Waals surface area contributed by atoms with Crippen LogP contribution in [-0.2, 0) is 9.53 Å². The molecule has 1 N–H and O–H groups in total. The van der Waals surface area contributed by atoms with Crippen molar-refractivity contribution in [3.8, 4) is 5.75 Å². The highest BCUT2D eigenvalue weighted by Gasteiger charge is 2.16. The second kappa shape index (κ2) is 7.00. The molecule has 0 radical (unpaired) electrons. The zero-order valence-corrected chi connectivity index (χ0v) is 10.9. The van der Waals surface area contributed by atoms with Gasteiger partial charge in [-0.25, -0.2) is 4.39 Å². The molecule has 0 saturated carbocycles. The van der Waals surface area contributed by atoms with Crippen molar-refractivity contribution in [2.75, 3.05) is 19.8 Å². The van der Waals surface area contributed by atoms with E-state index in [4.69, 9.17) is 9.47 Å². The Morgan fingerprint density at radius 3 is 2.90 bits per heavy atom. The monoisotopic (exact) mass is 281 g/mol. The molecule has 0 atom stereocenters. The Morgan fingerprint density at radius 1 is 1.45 bits per heavy atom. The maximum absolute atomic E-state index is 12.9. The van der Waals surface area contributed by atoms with Gasteiger partial charge >= 0.3 is 0 Å². The molecule has 108 valence electrons. The normalized spacial score (nSPS) is 15.7. The summed E-state index contributed by atoms with van der Waals surface area (Å²) in [4.78, 5) is 22.5. The van der Waals surface area contributed by atoms with Crippen molar-refractivity contribution < 1.29 is 23.5 Å². The van der Waals surface area contributed by atoms with Gasteiger partial charge in [0.2, 0.25) is 0 Å². The Kier molecular flexibility index (Phi) is 5.06. The molecule has 1 saturated heterocycles. The molecule has 0 unspecified atom stereocenters. The van der Waals surface area contributed by atoms with Gasteiger partial charge in [-0.2, -0.15) is 0 Å². The summed E-state index contributed by atoms with van der Waals surface area (Å²) in [6.45, 7) is 1.07. The van der Waals surface area contributed by atoms with Crippen molar-refractivity contribution in [1.29, 1.82) is 0 Å². The maximum Gasteiger partial charge on any atom is 0.258 e. The van der Waals surface area contributed by atoms with E-state index in [9.17, 15) is 14.0 Å². The lowest BCUT2D eigenvalue weighted by Gasteiger charge is -2.23. The Morgan fingerprint density at radius 2 is 2.20 bits per heavy atom. The van der Waals surface area contributed by atoms with Gasteiger partial charge in [-0.3, -0.25) is 9.59 Å². The van der Waals surface area contributed by atoms with E-state index in [0.717, 1.165) is 18.9 Å². The zero-order valence-electron chi connectivity index (χ0n) is 10.9. The van der Waals surface area contributed by atoms with Crippen LogP contribution >= 0.6 is 0 Å². The van der Waals surface area contributed by atoms with Crippen LogP contribution in [0.1, 0.15) is 23.2 Å². The Balaban J connectivity index is 1.85. The lowest BCUT2D eigenvalue weighted by Crippen LogP contribution is -2.41. The molecule has 20 heavy (non-hydrogen) atoms. The highest BCUT2D eigenvalue weighted by atomic mass is 19.1. The maximum atomic E-state index is 12.9. The van der Waals surface area contributed by atoms with Crippen LogP contribution in [0, 0.1) is 5.82 Å². The summed E-state index contributed by atoms with van der Waals surface area (Å²) < 4.78 is 23.4. The standard InChI is InChI=1S/C14H16FNO4/c15-11-1-2-13(10(7-11)8-17)20-9-14(18)16-12-3-5-19-6-4-12/h1-2,7-8,12H,3-6,9H2,(H,16,18). The van der Waals surface area contributed by atoms with Crippen LogP contribution in [0.4, 0.5) is 4.39 Å². The van der Waals surface area contributed by atoms with Gasteiger partial charge in [-0.15, -0.1) is 0 Å². The predicted octanol–water partition coefficient (Wildman–Crippen LogP) is 1.31. The smallest absolute Gasteiger partial charge is 0.258 e. The molecule has 0 spiro atoms. The molecule has 6 heteroatoms. The number of hydrogen-bond donors (Lipinski definition) is 1. The molecule has 1 aliphatic rings. The molecule has 2 rings (SSSR count). The number of carbonyl (C=O) groups excluding carboxylic acids is 2. The molecule has 0 bridgehead atoms. The molecule has 1 aromatic rings. The number of nitrogens with one attached hydrogen (secondary N) is 1. The summed E-state index contributed by atoms with van der Waals surface area (Å²) in [6.07, 6.45) is 2.05. The third kappa shape index (κ3) is 4.03. The molecule has 1 fully saturated rings. The third-order valence-corrected chi connectivity index (χ3v) is 3.04. The van der Waals surface area contributed by atoms with Crippen molar-refractivity contribution in [2.24, 2.45) is 0 Å². The molecular formula is C14H16FNO4. The molecule has 0 aromatic heterocycles. The second-order valence-corrected chi connectivity index (χ2v) is 4.54. The minimum Gasteiger partial charge on any atom is -0.483 e. The van der Waals surface area contributed by atoms with Crippen molar-refractivity contribution >= 4 is 12.2 Å². The summed E-state index contributed by atoms with van der Waals surface area (Å²) in [5.41, 5.74) is 0.0869. The Hall–Kier alpha value is -1.95. The van der Waals surface area contributed by atoms with Gasteiger partial charge in [0, 0.05) is 19.3 Å². The quantitative estimate of drug-likeness (QED) is 0.827. The van der Waals surface area contributed by atoms with Gasteiger partial charge in [0.1, 0.15) is 11.6 Å². The number of hydrogen-bond acceptors (Lipinski definition) is 4.